The number of nitrogens with zero attached hydrogens (tertiary/aromatic N) is 2. The normalized spacial score (nSPS) is 25.1. The van der Waals surface area contributed by atoms with E-state index in [4.69, 9.17) is 28.9 Å². The monoisotopic (exact) mass is 231 g/mol. The highest BCUT2D eigenvalue weighted by atomic mass is 35.5. The molecule has 0 amide bonds. The highest BCUT2D eigenvalue weighted by Crippen LogP contribution is 2.51. The van der Waals surface area contributed by atoms with Gasteiger partial charge in [0.2, 0.25) is 5.28 Å². The van der Waals surface area contributed by atoms with Crippen LogP contribution in [0.4, 0.5) is 5.82 Å². The number of nitrogen functional groups attached to an aromatic ring is 1. The number of nitrogens with two attached hydrogens (primary N) is 1. The van der Waals surface area contributed by atoms with Crippen LogP contribution in [0.5, 0.6) is 0 Å². The van der Waals surface area contributed by atoms with Crippen molar-refractivity contribution in [3.8, 4) is 0 Å². The Balaban J connectivity index is 2.34. The summed E-state index contributed by atoms with van der Waals surface area (Å²) in [4.78, 5) is 7.93. The topological polar surface area (TPSA) is 51.8 Å². The molecule has 0 saturated heterocycles. The van der Waals surface area contributed by atoms with Gasteiger partial charge < -0.3 is 5.73 Å². The van der Waals surface area contributed by atoms with E-state index in [1.165, 1.54) is 0 Å². The van der Waals surface area contributed by atoms with Gasteiger partial charge in [0.1, 0.15) is 10.8 Å². The molecule has 0 aromatic carbocycles. The van der Waals surface area contributed by atoms with E-state index >= 15 is 0 Å². The maximum atomic E-state index is 6.01. The molecule has 0 bridgehead atoms. The van der Waals surface area contributed by atoms with Gasteiger partial charge in [-0.25, -0.2) is 4.98 Å². The van der Waals surface area contributed by atoms with Crippen LogP contribution in [0.15, 0.2) is 0 Å². The van der Waals surface area contributed by atoms with Crippen molar-refractivity contribution < 1.29 is 0 Å². The Bertz CT molecular complexity index is 367. The first-order valence-corrected chi connectivity index (χ1v) is 5.37. The molecule has 1 saturated carbocycles. The smallest absolute Gasteiger partial charge is 0.224 e. The molecule has 2 N–H and O–H groups in total. The first kappa shape index (κ1) is 9.99. The summed E-state index contributed by atoms with van der Waals surface area (Å²) in [6, 6.07) is 0. The summed E-state index contributed by atoms with van der Waals surface area (Å²) in [5.41, 5.74) is 6.42. The first-order valence-electron chi connectivity index (χ1n) is 4.61. The van der Waals surface area contributed by atoms with Crippen LogP contribution in [-0.4, -0.2) is 9.97 Å². The molecule has 14 heavy (non-hydrogen) atoms. The van der Waals surface area contributed by atoms with Gasteiger partial charge in [0, 0.05) is 5.92 Å². The van der Waals surface area contributed by atoms with E-state index in [0.29, 0.717) is 16.9 Å². The van der Waals surface area contributed by atoms with Crippen LogP contribution in [0.1, 0.15) is 31.4 Å². The fourth-order valence-electron chi connectivity index (χ4n) is 1.73. The second-order valence-corrected chi connectivity index (χ2v) is 4.30. The van der Waals surface area contributed by atoms with Crippen LogP contribution < -0.4 is 5.73 Å². The Labute approximate surface area is 92.6 Å². The van der Waals surface area contributed by atoms with Crippen LogP contribution in [0.2, 0.25) is 10.3 Å². The molecule has 5 heteroatoms. The molecule has 2 rings (SSSR count). The number of rotatable bonds is 2. The van der Waals surface area contributed by atoms with Crippen molar-refractivity contribution in [3.63, 3.8) is 0 Å². The number of hydrogen-bond donors (Lipinski definition) is 1. The maximum absolute atomic E-state index is 6.01. The second kappa shape index (κ2) is 3.55. The predicted octanol–water partition coefficient (Wildman–Crippen LogP) is 2.88. The summed E-state index contributed by atoms with van der Waals surface area (Å²) in [6.45, 7) is 2.16. The zero-order valence-electron chi connectivity index (χ0n) is 7.80. The van der Waals surface area contributed by atoms with Crippen molar-refractivity contribution in [2.24, 2.45) is 5.92 Å². The fraction of sp³-hybridized carbons (Fsp3) is 0.556. The van der Waals surface area contributed by atoms with Gasteiger partial charge >= 0.3 is 0 Å². The maximum Gasteiger partial charge on any atom is 0.224 e. The Morgan fingerprint density at radius 1 is 1.43 bits per heavy atom. The lowest BCUT2D eigenvalue weighted by atomic mass is 10.2. The van der Waals surface area contributed by atoms with Crippen LogP contribution >= 0.6 is 23.2 Å². The van der Waals surface area contributed by atoms with E-state index in [1.807, 2.05) is 0 Å². The van der Waals surface area contributed by atoms with Gasteiger partial charge in [0.05, 0.1) is 5.69 Å². The predicted molar refractivity (Wildman–Crippen MR) is 57.6 cm³/mol. The summed E-state index contributed by atoms with van der Waals surface area (Å²) < 4.78 is 0. The Morgan fingerprint density at radius 2 is 2.14 bits per heavy atom. The Kier molecular flexibility index (Phi) is 2.54. The summed E-state index contributed by atoms with van der Waals surface area (Å²) in [5.74, 6) is 1.39. The molecule has 0 spiro atoms. The zero-order chi connectivity index (χ0) is 10.3. The van der Waals surface area contributed by atoms with Gasteiger partial charge in [-0.2, -0.15) is 4.98 Å². The average Bonchev–Trinajstić information content (AvgIpc) is 2.90. The van der Waals surface area contributed by atoms with Crippen molar-refractivity contribution >= 4 is 29.0 Å². The summed E-state index contributed by atoms with van der Waals surface area (Å²) >= 11 is 11.7. The lowest BCUT2D eigenvalue weighted by molar-refractivity contribution is 0.755. The standard InChI is InChI=1S/C9H11Cl2N3/c1-2-4-3-5(4)7-6(10)8(12)14-9(11)13-7/h4-5H,2-3H2,1H3,(H2,12,13,14). The third-order valence-corrected chi connectivity index (χ3v) is 3.23. The number of halogens is 2. The molecule has 1 aliphatic rings. The molecule has 76 valence electrons. The van der Waals surface area contributed by atoms with Gasteiger partial charge in [-0.1, -0.05) is 24.9 Å². The molecular weight excluding hydrogens is 221 g/mol. The number of anilines is 1. The highest BCUT2D eigenvalue weighted by Gasteiger charge is 2.39. The molecule has 2 unspecified atom stereocenters. The minimum absolute atomic E-state index is 0.184. The summed E-state index contributed by atoms with van der Waals surface area (Å²) in [7, 11) is 0. The average molecular weight is 232 g/mol. The van der Waals surface area contributed by atoms with Crippen LogP contribution in [-0.2, 0) is 0 Å². The van der Waals surface area contributed by atoms with Crippen molar-refractivity contribution in [1.29, 1.82) is 0 Å². The number of aromatic nitrogens is 2. The van der Waals surface area contributed by atoms with E-state index in [2.05, 4.69) is 16.9 Å². The van der Waals surface area contributed by atoms with Crippen molar-refractivity contribution in [2.45, 2.75) is 25.7 Å². The molecule has 1 heterocycles. The van der Waals surface area contributed by atoms with E-state index in [9.17, 15) is 0 Å². The largest absolute Gasteiger partial charge is 0.382 e. The lowest BCUT2D eigenvalue weighted by Gasteiger charge is -2.04. The van der Waals surface area contributed by atoms with E-state index in [0.717, 1.165) is 18.5 Å². The van der Waals surface area contributed by atoms with Crippen molar-refractivity contribution in [3.05, 3.63) is 16.0 Å². The minimum Gasteiger partial charge on any atom is -0.382 e. The Hall–Kier alpha value is -0.540. The van der Waals surface area contributed by atoms with Crippen LogP contribution in [0, 0.1) is 5.92 Å². The Morgan fingerprint density at radius 3 is 2.71 bits per heavy atom. The summed E-state index contributed by atoms with van der Waals surface area (Å²) in [5, 5.41) is 0.652. The van der Waals surface area contributed by atoms with Crippen LogP contribution in [0.3, 0.4) is 0 Å². The SMILES string of the molecule is CCC1CC1c1nc(Cl)nc(N)c1Cl. The summed E-state index contributed by atoms with van der Waals surface area (Å²) in [6.07, 6.45) is 2.27. The fourth-order valence-corrected chi connectivity index (χ4v) is 2.14. The van der Waals surface area contributed by atoms with E-state index in [1.54, 1.807) is 0 Å². The molecule has 1 aliphatic carbocycles. The zero-order valence-corrected chi connectivity index (χ0v) is 9.31. The quantitative estimate of drug-likeness (QED) is 0.797. The van der Waals surface area contributed by atoms with Gasteiger partial charge in [-0.05, 0) is 23.9 Å². The molecule has 0 aliphatic heterocycles. The van der Waals surface area contributed by atoms with Crippen molar-refractivity contribution in [1.82, 2.24) is 9.97 Å². The molecular formula is C9H11Cl2N3. The molecule has 0 radical (unpaired) electrons. The molecule has 1 aromatic rings. The van der Waals surface area contributed by atoms with Gasteiger partial charge in [0.25, 0.3) is 0 Å². The highest BCUT2D eigenvalue weighted by molar-refractivity contribution is 6.34. The second-order valence-electron chi connectivity index (χ2n) is 3.59. The van der Waals surface area contributed by atoms with E-state index in [-0.39, 0.29) is 11.1 Å². The van der Waals surface area contributed by atoms with Gasteiger partial charge in [-0.3, -0.25) is 0 Å². The number of hydrogen-bond acceptors (Lipinski definition) is 3. The van der Waals surface area contributed by atoms with Gasteiger partial charge in [-0.15, -0.1) is 0 Å². The lowest BCUT2D eigenvalue weighted by Crippen LogP contribution is -2.00. The van der Waals surface area contributed by atoms with Crippen molar-refractivity contribution in [2.75, 3.05) is 5.73 Å². The molecule has 1 fully saturated rings. The van der Waals surface area contributed by atoms with Gasteiger partial charge in [0.15, 0.2) is 0 Å². The minimum atomic E-state index is 0.184. The van der Waals surface area contributed by atoms with E-state index < -0.39 is 0 Å². The van der Waals surface area contributed by atoms with Crippen LogP contribution in [0.25, 0.3) is 0 Å². The third kappa shape index (κ3) is 1.66. The molecule has 3 nitrogen and oxygen atoms in total. The third-order valence-electron chi connectivity index (χ3n) is 2.67. The molecule has 1 aromatic heterocycles. The first-order chi connectivity index (χ1) is 6.63. The molecule has 2 atom stereocenters.